The number of hydrogen-bond donors (Lipinski definition) is 2. The molecule has 0 bridgehead atoms. The molecule has 2 aromatic heterocycles. The van der Waals surface area contributed by atoms with Crippen molar-refractivity contribution in [2.45, 2.75) is 44.1 Å². The van der Waals surface area contributed by atoms with Crippen molar-refractivity contribution in [2.24, 2.45) is 5.73 Å². The molecule has 5 heteroatoms. The molecule has 1 fully saturated rings. The Bertz CT molecular complexity index is 495. The van der Waals surface area contributed by atoms with E-state index in [9.17, 15) is 0 Å². The predicted molar refractivity (Wildman–Crippen MR) is 67.7 cm³/mol. The zero-order chi connectivity index (χ0) is 12.4. The molecule has 1 aliphatic rings. The lowest BCUT2D eigenvalue weighted by atomic mass is 9.91. The van der Waals surface area contributed by atoms with Crippen molar-refractivity contribution in [3.05, 3.63) is 24.2 Å². The number of aromatic nitrogens is 3. The number of aromatic amines is 1. The third-order valence-corrected chi connectivity index (χ3v) is 3.69. The minimum atomic E-state index is -0.436. The summed E-state index contributed by atoms with van der Waals surface area (Å²) in [6, 6.07) is 3.83. The van der Waals surface area contributed by atoms with Gasteiger partial charge < -0.3 is 15.2 Å². The van der Waals surface area contributed by atoms with Crippen molar-refractivity contribution in [3.63, 3.8) is 0 Å². The highest BCUT2D eigenvalue weighted by Gasteiger charge is 2.34. The first-order valence-electron chi connectivity index (χ1n) is 6.55. The first-order valence-corrected chi connectivity index (χ1v) is 6.55. The molecular weight excluding hydrogens is 228 g/mol. The highest BCUT2D eigenvalue weighted by Crippen LogP contribution is 2.33. The third kappa shape index (κ3) is 2.06. The van der Waals surface area contributed by atoms with Gasteiger partial charge in [-0.3, -0.25) is 0 Å². The molecule has 0 amide bonds. The topological polar surface area (TPSA) is 80.7 Å². The summed E-state index contributed by atoms with van der Waals surface area (Å²) in [7, 11) is 0. The molecule has 0 saturated heterocycles. The number of nitrogens with zero attached hydrogens (tertiary/aromatic N) is 2. The summed E-state index contributed by atoms with van der Waals surface area (Å²) in [5, 5.41) is 4.01. The van der Waals surface area contributed by atoms with Gasteiger partial charge in [0.25, 0.3) is 0 Å². The fourth-order valence-electron chi connectivity index (χ4n) is 2.58. The Hall–Kier alpha value is -1.62. The van der Waals surface area contributed by atoms with Crippen LogP contribution in [0.25, 0.3) is 11.5 Å². The van der Waals surface area contributed by atoms with Crippen molar-refractivity contribution in [1.29, 1.82) is 0 Å². The van der Waals surface area contributed by atoms with Crippen LogP contribution >= 0.6 is 0 Å². The van der Waals surface area contributed by atoms with Gasteiger partial charge in [0, 0.05) is 6.20 Å². The lowest BCUT2D eigenvalue weighted by Gasteiger charge is -2.22. The molecule has 0 aliphatic heterocycles. The molecule has 1 saturated carbocycles. The van der Waals surface area contributed by atoms with Gasteiger partial charge in [0.15, 0.2) is 0 Å². The van der Waals surface area contributed by atoms with Crippen LogP contribution in [0.15, 0.2) is 22.9 Å². The van der Waals surface area contributed by atoms with Gasteiger partial charge in [-0.15, -0.1) is 0 Å². The first kappa shape index (κ1) is 11.5. The van der Waals surface area contributed by atoms with E-state index < -0.39 is 5.54 Å². The van der Waals surface area contributed by atoms with E-state index in [1.54, 1.807) is 0 Å². The second-order valence-corrected chi connectivity index (χ2v) is 5.08. The highest BCUT2D eigenvalue weighted by molar-refractivity contribution is 5.48. The summed E-state index contributed by atoms with van der Waals surface area (Å²) in [4.78, 5) is 7.52. The summed E-state index contributed by atoms with van der Waals surface area (Å²) in [5.74, 6) is 1.16. The van der Waals surface area contributed by atoms with Gasteiger partial charge in [-0.2, -0.15) is 4.98 Å². The molecule has 3 rings (SSSR count). The second kappa shape index (κ2) is 4.57. The van der Waals surface area contributed by atoms with E-state index in [1.807, 2.05) is 18.3 Å². The van der Waals surface area contributed by atoms with Crippen LogP contribution in [0.3, 0.4) is 0 Å². The molecule has 0 unspecified atom stereocenters. The van der Waals surface area contributed by atoms with E-state index >= 15 is 0 Å². The molecule has 0 spiro atoms. The van der Waals surface area contributed by atoms with E-state index in [0.717, 1.165) is 31.4 Å². The van der Waals surface area contributed by atoms with Gasteiger partial charge in [-0.05, 0) is 25.0 Å². The number of nitrogens with one attached hydrogen (secondary N) is 1. The molecule has 0 radical (unpaired) electrons. The van der Waals surface area contributed by atoms with E-state index in [4.69, 9.17) is 10.3 Å². The summed E-state index contributed by atoms with van der Waals surface area (Å²) < 4.78 is 5.38. The van der Waals surface area contributed by atoms with Crippen LogP contribution in [-0.4, -0.2) is 15.1 Å². The quantitative estimate of drug-likeness (QED) is 0.798. The standard InChI is InChI=1S/C13H18N4O/c14-13(7-3-1-2-4-8-13)12-16-11(17-18-12)10-6-5-9-15-10/h5-6,9,15H,1-4,7-8,14H2. The maximum absolute atomic E-state index is 6.44. The average Bonchev–Trinajstić information content (AvgIpc) is 3.00. The lowest BCUT2D eigenvalue weighted by molar-refractivity contribution is 0.257. The first-order chi connectivity index (χ1) is 8.78. The number of H-pyrrole nitrogens is 1. The lowest BCUT2D eigenvalue weighted by Crippen LogP contribution is -2.36. The van der Waals surface area contributed by atoms with Gasteiger partial charge in [-0.25, -0.2) is 0 Å². The minimum Gasteiger partial charge on any atom is -0.359 e. The Morgan fingerprint density at radius 3 is 2.67 bits per heavy atom. The highest BCUT2D eigenvalue weighted by atomic mass is 16.5. The molecule has 2 heterocycles. The zero-order valence-corrected chi connectivity index (χ0v) is 10.4. The normalized spacial score (nSPS) is 19.6. The molecular formula is C13H18N4O. The van der Waals surface area contributed by atoms with Crippen LogP contribution in [0.5, 0.6) is 0 Å². The molecule has 1 aliphatic carbocycles. The Morgan fingerprint density at radius 1 is 1.22 bits per heavy atom. The van der Waals surface area contributed by atoms with Gasteiger partial charge in [0.1, 0.15) is 0 Å². The Morgan fingerprint density at radius 2 is 2.00 bits per heavy atom. The van der Waals surface area contributed by atoms with Gasteiger partial charge in [-0.1, -0.05) is 30.8 Å². The third-order valence-electron chi connectivity index (χ3n) is 3.69. The summed E-state index contributed by atoms with van der Waals surface area (Å²) in [5.41, 5.74) is 6.87. The van der Waals surface area contributed by atoms with Crippen molar-refractivity contribution in [3.8, 4) is 11.5 Å². The van der Waals surface area contributed by atoms with Crippen molar-refractivity contribution in [1.82, 2.24) is 15.1 Å². The van der Waals surface area contributed by atoms with Crippen LogP contribution in [0.4, 0.5) is 0 Å². The predicted octanol–water partition coefficient (Wildman–Crippen LogP) is 2.57. The minimum absolute atomic E-state index is 0.436. The SMILES string of the molecule is NC1(c2nc(-c3ccc[nH]3)no2)CCCCCC1. The van der Waals surface area contributed by atoms with Crippen molar-refractivity contribution >= 4 is 0 Å². The fraction of sp³-hybridized carbons (Fsp3) is 0.538. The van der Waals surface area contributed by atoms with Crippen LogP contribution in [0, 0.1) is 0 Å². The summed E-state index contributed by atoms with van der Waals surface area (Å²) in [6.45, 7) is 0. The zero-order valence-electron chi connectivity index (χ0n) is 10.4. The van der Waals surface area contributed by atoms with E-state index in [0.29, 0.717) is 11.7 Å². The fourth-order valence-corrected chi connectivity index (χ4v) is 2.58. The Kier molecular flexibility index (Phi) is 2.91. The van der Waals surface area contributed by atoms with E-state index in [-0.39, 0.29) is 0 Å². The van der Waals surface area contributed by atoms with Crippen LogP contribution < -0.4 is 5.73 Å². The van der Waals surface area contributed by atoms with E-state index in [1.165, 1.54) is 12.8 Å². The van der Waals surface area contributed by atoms with Crippen LogP contribution in [0.2, 0.25) is 0 Å². The molecule has 96 valence electrons. The van der Waals surface area contributed by atoms with Gasteiger partial charge in [0.2, 0.25) is 11.7 Å². The maximum Gasteiger partial charge on any atom is 0.247 e. The Labute approximate surface area is 106 Å². The van der Waals surface area contributed by atoms with Gasteiger partial charge in [0.05, 0.1) is 11.2 Å². The smallest absolute Gasteiger partial charge is 0.247 e. The average molecular weight is 246 g/mol. The summed E-state index contributed by atoms with van der Waals surface area (Å²) >= 11 is 0. The molecule has 2 aromatic rings. The van der Waals surface area contributed by atoms with Crippen LogP contribution in [0.1, 0.15) is 44.4 Å². The summed E-state index contributed by atoms with van der Waals surface area (Å²) in [6.07, 6.45) is 8.47. The van der Waals surface area contributed by atoms with Crippen LogP contribution in [-0.2, 0) is 5.54 Å². The van der Waals surface area contributed by atoms with E-state index in [2.05, 4.69) is 15.1 Å². The number of rotatable bonds is 2. The monoisotopic (exact) mass is 246 g/mol. The largest absolute Gasteiger partial charge is 0.359 e. The molecule has 3 N–H and O–H groups in total. The molecule has 0 aromatic carbocycles. The molecule has 0 atom stereocenters. The second-order valence-electron chi connectivity index (χ2n) is 5.08. The maximum atomic E-state index is 6.44. The van der Waals surface area contributed by atoms with Crippen molar-refractivity contribution < 1.29 is 4.52 Å². The molecule has 18 heavy (non-hydrogen) atoms. The number of nitrogens with two attached hydrogens (primary N) is 1. The van der Waals surface area contributed by atoms with Gasteiger partial charge >= 0.3 is 0 Å². The number of hydrogen-bond acceptors (Lipinski definition) is 4. The molecule has 5 nitrogen and oxygen atoms in total. The Balaban J connectivity index is 1.88. The van der Waals surface area contributed by atoms with Crippen molar-refractivity contribution in [2.75, 3.05) is 0 Å².